The first-order valence-corrected chi connectivity index (χ1v) is 7.13. The Labute approximate surface area is 106 Å². The van der Waals surface area contributed by atoms with Crippen LogP contribution in [0.15, 0.2) is 0 Å². The maximum absolute atomic E-state index is 11.5. The van der Waals surface area contributed by atoms with Crippen LogP contribution in [-0.2, 0) is 14.3 Å². The summed E-state index contributed by atoms with van der Waals surface area (Å²) in [6, 6.07) is 0. The third-order valence-corrected chi connectivity index (χ3v) is 8.62. The number of hydrogen-bond donors (Lipinski definition) is 1. The number of rotatable bonds is 1. The van der Waals surface area contributed by atoms with E-state index < -0.39 is 11.8 Å². The Bertz CT molecular complexity index is 491. The Kier molecular flexibility index (Phi) is 0.998. The summed E-state index contributed by atoms with van der Waals surface area (Å²) in [5.74, 6) is 1.36. The van der Waals surface area contributed by atoms with E-state index in [0.29, 0.717) is 48.7 Å². The van der Waals surface area contributed by atoms with Gasteiger partial charge in [-0.2, -0.15) is 0 Å². The number of halogens is 1. The van der Waals surface area contributed by atoms with Gasteiger partial charge >= 0.3 is 5.97 Å². The Morgan fingerprint density at radius 1 is 1.06 bits per heavy atom. The number of alkyl halides is 1. The van der Waals surface area contributed by atoms with E-state index in [1.807, 2.05) is 0 Å². The molecular weight excluding hydrogens is 288 g/mol. The van der Waals surface area contributed by atoms with Gasteiger partial charge in [-0.15, -0.1) is 0 Å². The van der Waals surface area contributed by atoms with Crippen molar-refractivity contribution in [3.8, 4) is 0 Å². The molecule has 7 fully saturated rings. The predicted octanol–water partition coefficient (Wildman–Crippen LogP) is 0.699. The van der Waals surface area contributed by atoms with Crippen LogP contribution in [-0.4, -0.2) is 34.4 Å². The van der Waals surface area contributed by atoms with Gasteiger partial charge in [-0.25, -0.2) is 0 Å². The molecule has 1 saturated heterocycles. The van der Waals surface area contributed by atoms with E-state index in [0.717, 1.165) is 0 Å². The lowest BCUT2D eigenvalue weighted by atomic mass is 9.13. The van der Waals surface area contributed by atoms with E-state index in [2.05, 4.69) is 15.9 Å². The van der Waals surface area contributed by atoms with Gasteiger partial charge < -0.3 is 14.6 Å². The minimum atomic E-state index is -0.564. The first-order chi connectivity index (χ1) is 8.13. The predicted molar refractivity (Wildman–Crippen MR) is 57.3 cm³/mol. The number of hydrogen-bond acceptors (Lipinski definition) is 3. The first kappa shape index (κ1) is 8.88. The van der Waals surface area contributed by atoms with Gasteiger partial charge in [0, 0.05) is 5.92 Å². The summed E-state index contributed by atoms with van der Waals surface area (Å²) in [6.45, 7) is 1.32. The highest BCUT2D eigenvalue weighted by atomic mass is 79.9. The fraction of sp³-hybridized carbons (Fsp3) is 0.917. The molecule has 1 heterocycles. The molecule has 4 nitrogen and oxygen atoms in total. The zero-order chi connectivity index (χ0) is 11.4. The van der Waals surface area contributed by atoms with Crippen LogP contribution in [0.4, 0.5) is 0 Å². The molecule has 6 unspecified atom stereocenters. The molecule has 1 N–H and O–H groups in total. The molecule has 1 spiro atoms. The molecule has 6 saturated carbocycles. The molecule has 6 aliphatic carbocycles. The van der Waals surface area contributed by atoms with Crippen molar-refractivity contribution in [3.05, 3.63) is 0 Å². The quantitative estimate of drug-likeness (QED) is 0.724. The molecular formula is C12H11BrO4. The van der Waals surface area contributed by atoms with Crippen molar-refractivity contribution in [3.63, 3.8) is 0 Å². The van der Waals surface area contributed by atoms with Crippen LogP contribution in [0.25, 0.3) is 0 Å². The number of carboxylic acids is 1. The molecule has 0 aromatic carbocycles. The van der Waals surface area contributed by atoms with Crippen LogP contribution in [0, 0.1) is 40.9 Å². The lowest BCUT2D eigenvalue weighted by Crippen LogP contribution is -2.94. The molecule has 7 aliphatic rings. The summed E-state index contributed by atoms with van der Waals surface area (Å²) in [7, 11) is 0. The normalized spacial score (nSPS) is 73.5. The third kappa shape index (κ3) is 0.434. The molecule has 0 aromatic heterocycles. The van der Waals surface area contributed by atoms with Crippen LogP contribution in [0.3, 0.4) is 0 Å². The molecule has 8 atom stereocenters. The molecule has 0 amide bonds. The van der Waals surface area contributed by atoms with E-state index in [-0.39, 0.29) is 9.74 Å². The van der Waals surface area contributed by atoms with Gasteiger partial charge in [-0.05, 0) is 29.6 Å². The number of ether oxygens (including phenoxy) is 2. The first-order valence-electron chi connectivity index (χ1n) is 6.33. The van der Waals surface area contributed by atoms with Crippen LogP contribution in [0.5, 0.6) is 0 Å². The van der Waals surface area contributed by atoms with Crippen LogP contribution in [0.1, 0.15) is 0 Å². The average Bonchev–Trinajstić information content (AvgIpc) is 2.78. The van der Waals surface area contributed by atoms with Crippen molar-refractivity contribution in [2.24, 2.45) is 40.9 Å². The molecule has 5 heteroatoms. The summed E-state index contributed by atoms with van der Waals surface area (Å²) in [5, 5.41) is 9.51. The van der Waals surface area contributed by atoms with E-state index in [1.54, 1.807) is 0 Å². The number of carboxylic acid groups (broad SMARTS) is 1. The van der Waals surface area contributed by atoms with Crippen LogP contribution < -0.4 is 0 Å². The monoisotopic (exact) mass is 298 g/mol. The summed E-state index contributed by atoms with van der Waals surface area (Å²) in [6.07, 6.45) is 0. The van der Waals surface area contributed by atoms with Crippen molar-refractivity contribution in [2.75, 3.05) is 13.2 Å². The van der Waals surface area contributed by atoms with Crippen molar-refractivity contribution in [2.45, 2.75) is 10.1 Å². The second kappa shape index (κ2) is 1.91. The second-order valence-electron chi connectivity index (χ2n) is 6.53. The highest BCUT2D eigenvalue weighted by molar-refractivity contribution is 9.10. The average molecular weight is 299 g/mol. The van der Waals surface area contributed by atoms with Crippen molar-refractivity contribution < 1.29 is 19.4 Å². The van der Waals surface area contributed by atoms with Gasteiger partial charge in [0.25, 0.3) is 0 Å². The van der Waals surface area contributed by atoms with Gasteiger partial charge in [-0.1, -0.05) is 15.9 Å². The smallest absolute Gasteiger partial charge is 0.310 e. The topological polar surface area (TPSA) is 55.8 Å². The summed E-state index contributed by atoms with van der Waals surface area (Å²) in [5.41, 5.74) is -0.365. The Morgan fingerprint density at radius 3 is 2.12 bits per heavy atom. The highest BCUT2D eigenvalue weighted by Gasteiger charge is 3.10. The van der Waals surface area contributed by atoms with Crippen LogP contribution >= 0.6 is 15.9 Å². The van der Waals surface area contributed by atoms with Gasteiger partial charge in [-0.3, -0.25) is 4.79 Å². The molecule has 17 heavy (non-hydrogen) atoms. The van der Waals surface area contributed by atoms with Crippen molar-refractivity contribution in [1.29, 1.82) is 0 Å². The SMILES string of the molecule is O=C(O)C12C3C4C1[C@H]1C2[C@@H]3C1(Br)C41OCCO1. The maximum Gasteiger partial charge on any atom is 0.310 e. The van der Waals surface area contributed by atoms with E-state index in [4.69, 9.17) is 9.47 Å². The second-order valence-corrected chi connectivity index (χ2v) is 7.84. The maximum atomic E-state index is 11.5. The van der Waals surface area contributed by atoms with Crippen molar-refractivity contribution >= 4 is 21.9 Å². The summed E-state index contributed by atoms with van der Waals surface area (Å²) in [4.78, 5) is 11.5. The fourth-order valence-electron chi connectivity index (χ4n) is 7.05. The van der Waals surface area contributed by atoms with Gasteiger partial charge in [0.2, 0.25) is 0 Å². The highest BCUT2D eigenvalue weighted by Crippen LogP contribution is 3.04. The Hall–Kier alpha value is -0.130. The molecule has 2 bridgehead atoms. The third-order valence-electron chi connectivity index (χ3n) is 7.01. The zero-order valence-corrected chi connectivity index (χ0v) is 10.5. The number of carbonyl (C=O) groups is 1. The van der Waals surface area contributed by atoms with Crippen molar-refractivity contribution in [1.82, 2.24) is 0 Å². The number of aliphatic carboxylic acids is 1. The largest absolute Gasteiger partial charge is 0.481 e. The minimum Gasteiger partial charge on any atom is -0.481 e. The lowest BCUT2D eigenvalue weighted by molar-refractivity contribution is -0.421. The van der Waals surface area contributed by atoms with E-state index >= 15 is 0 Å². The van der Waals surface area contributed by atoms with E-state index in [9.17, 15) is 9.90 Å². The Morgan fingerprint density at radius 2 is 1.59 bits per heavy atom. The zero-order valence-electron chi connectivity index (χ0n) is 8.93. The van der Waals surface area contributed by atoms with E-state index in [1.165, 1.54) is 0 Å². The summed E-state index contributed by atoms with van der Waals surface area (Å²) < 4.78 is 11.9. The minimum absolute atomic E-state index is 0.0433. The molecule has 0 aromatic rings. The van der Waals surface area contributed by atoms with Gasteiger partial charge in [0.05, 0.1) is 23.0 Å². The fourth-order valence-corrected chi connectivity index (χ4v) is 8.68. The van der Waals surface area contributed by atoms with Gasteiger partial charge in [0.1, 0.15) is 0 Å². The summed E-state index contributed by atoms with van der Waals surface area (Å²) >= 11 is 3.90. The van der Waals surface area contributed by atoms with Crippen LogP contribution in [0.2, 0.25) is 0 Å². The molecule has 1 aliphatic heterocycles. The standard InChI is InChI=1S/C12H11BrO4/c13-11-6-3-7(11)5-8(12(11)16-1-2-17-12)4(6)10(3,5)9(14)15/h3-8H,1-2H2,(H,14,15)/t3?,4?,5?,6-,7+,8?,10?,11?. The van der Waals surface area contributed by atoms with Gasteiger partial charge in [0.15, 0.2) is 5.79 Å². The molecule has 90 valence electrons. The molecule has 0 radical (unpaired) electrons. The lowest BCUT2D eigenvalue weighted by Gasteiger charge is -2.89. The molecule has 7 rings (SSSR count). The Balaban J connectivity index is 1.59.